The van der Waals surface area contributed by atoms with Gasteiger partial charge in [0.05, 0.1) is 19.8 Å². The van der Waals surface area contributed by atoms with Gasteiger partial charge in [-0.3, -0.25) is 0 Å². The van der Waals surface area contributed by atoms with Gasteiger partial charge in [0, 0.05) is 23.2 Å². The SMILES string of the molecule is COc1ccc([C@@]23CC[C@H](NC(=O)Nc4ccc(F)c(C#N)c4)C[C@H]2N(C)CC3)cc1OC. The predicted octanol–water partition coefficient (Wildman–Crippen LogP) is 4.03. The summed E-state index contributed by atoms with van der Waals surface area (Å²) in [5.41, 5.74) is 1.53. The average molecular weight is 453 g/mol. The van der Waals surface area contributed by atoms with Gasteiger partial charge in [0.15, 0.2) is 11.5 Å². The van der Waals surface area contributed by atoms with E-state index < -0.39 is 5.82 Å². The van der Waals surface area contributed by atoms with Crippen LogP contribution in [0, 0.1) is 17.1 Å². The van der Waals surface area contributed by atoms with Gasteiger partial charge in [0.1, 0.15) is 11.9 Å². The Morgan fingerprint density at radius 1 is 1.18 bits per heavy atom. The van der Waals surface area contributed by atoms with E-state index in [0.717, 1.165) is 38.0 Å². The van der Waals surface area contributed by atoms with Crippen molar-refractivity contribution < 1.29 is 18.7 Å². The lowest BCUT2D eigenvalue weighted by Gasteiger charge is -2.45. The van der Waals surface area contributed by atoms with Crippen LogP contribution in [-0.2, 0) is 5.41 Å². The largest absolute Gasteiger partial charge is 0.493 e. The van der Waals surface area contributed by atoms with Crippen LogP contribution in [0.1, 0.15) is 36.8 Å². The van der Waals surface area contributed by atoms with Gasteiger partial charge >= 0.3 is 6.03 Å². The number of ether oxygens (including phenoxy) is 2. The van der Waals surface area contributed by atoms with Gasteiger partial charge in [0.2, 0.25) is 0 Å². The lowest BCUT2D eigenvalue weighted by atomic mass is 9.65. The maximum atomic E-state index is 13.5. The van der Waals surface area contributed by atoms with Crippen LogP contribution >= 0.6 is 0 Å². The summed E-state index contributed by atoms with van der Waals surface area (Å²) < 4.78 is 24.5. The first kappa shape index (κ1) is 22.9. The number of urea groups is 1. The molecule has 2 aromatic rings. The molecule has 3 atom stereocenters. The number of nitrogens with one attached hydrogen (secondary N) is 2. The molecule has 2 aliphatic rings. The number of likely N-dealkylation sites (N-methyl/N-ethyl adjacent to an activating group) is 1. The van der Waals surface area contributed by atoms with Crippen LogP contribution in [-0.4, -0.2) is 50.8 Å². The fraction of sp³-hybridized carbons (Fsp3) is 0.440. The summed E-state index contributed by atoms with van der Waals surface area (Å²) in [7, 11) is 5.42. The van der Waals surface area contributed by atoms with E-state index in [1.54, 1.807) is 20.3 Å². The van der Waals surface area contributed by atoms with Crippen LogP contribution in [0.15, 0.2) is 36.4 Å². The van der Waals surface area contributed by atoms with Gasteiger partial charge in [-0.15, -0.1) is 0 Å². The second kappa shape index (κ2) is 9.28. The number of carbonyl (C=O) groups is 1. The molecular weight excluding hydrogens is 423 g/mol. The number of likely N-dealkylation sites (tertiary alicyclic amines) is 1. The number of hydrogen-bond acceptors (Lipinski definition) is 5. The van der Waals surface area contributed by atoms with E-state index in [9.17, 15) is 9.18 Å². The van der Waals surface area contributed by atoms with Crippen molar-refractivity contribution in [2.75, 3.05) is 33.1 Å². The van der Waals surface area contributed by atoms with Gasteiger partial charge in [-0.2, -0.15) is 5.26 Å². The zero-order valence-electron chi connectivity index (χ0n) is 19.2. The number of carbonyl (C=O) groups excluding carboxylic acids is 1. The number of halogens is 1. The summed E-state index contributed by atoms with van der Waals surface area (Å²) >= 11 is 0. The Bertz CT molecular complexity index is 1090. The molecule has 2 amide bonds. The number of hydrogen-bond donors (Lipinski definition) is 2. The molecule has 2 aromatic carbocycles. The maximum absolute atomic E-state index is 13.5. The molecule has 174 valence electrons. The van der Waals surface area contributed by atoms with Crippen LogP contribution in [0.2, 0.25) is 0 Å². The molecule has 1 heterocycles. The number of nitriles is 1. The van der Waals surface area contributed by atoms with Crippen molar-refractivity contribution in [3.05, 3.63) is 53.3 Å². The van der Waals surface area contributed by atoms with Gasteiger partial charge in [-0.1, -0.05) is 6.07 Å². The molecule has 1 saturated heterocycles. The molecular formula is C25H29FN4O3. The quantitative estimate of drug-likeness (QED) is 0.715. The van der Waals surface area contributed by atoms with Gasteiger partial charge in [-0.05, 0) is 75.2 Å². The zero-order chi connectivity index (χ0) is 23.6. The normalized spacial score (nSPS) is 24.5. The number of nitrogens with zero attached hydrogens (tertiary/aromatic N) is 2. The molecule has 0 aromatic heterocycles. The number of rotatable bonds is 5. The van der Waals surface area contributed by atoms with Crippen molar-refractivity contribution in [2.24, 2.45) is 0 Å². The highest BCUT2D eigenvalue weighted by molar-refractivity contribution is 5.89. The number of fused-ring (bicyclic) bond motifs is 1. The number of anilines is 1. The Labute approximate surface area is 193 Å². The Morgan fingerprint density at radius 2 is 1.97 bits per heavy atom. The molecule has 7 nitrogen and oxygen atoms in total. The minimum atomic E-state index is -0.605. The first-order valence-electron chi connectivity index (χ1n) is 11.1. The van der Waals surface area contributed by atoms with Crippen LogP contribution in [0.25, 0.3) is 0 Å². The first-order valence-corrected chi connectivity index (χ1v) is 11.1. The molecule has 2 N–H and O–H groups in total. The maximum Gasteiger partial charge on any atom is 0.319 e. The summed E-state index contributed by atoms with van der Waals surface area (Å²) in [5.74, 6) is 0.841. The van der Waals surface area contributed by atoms with Gasteiger partial charge in [0.25, 0.3) is 0 Å². The summed E-state index contributed by atoms with van der Waals surface area (Å²) in [4.78, 5) is 15.0. The second-order valence-corrected chi connectivity index (χ2v) is 8.85. The smallest absolute Gasteiger partial charge is 0.319 e. The molecule has 2 fully saturated rings. The predicted molar refractivity (Wildman–Crippen MR) is 123 cm³/mol. The Morgan fingerprint density at radius 3 is 2.70 bits per heavy atom. The molecule has 1 saturated carbocycles. The first-order chi connectivity index (χ1) is 15.9. The van der Waals surface area contributed by atoms with Crippen LogP contribution in [0.3, 0.4) is 0 Å². The van der Waals surface area contributed by atoms with E-state index in [1.165, 1.54) is 23.8 Å². The van der Waals surface area contributed by atoms with Crippen LogP contribution < -0.4 is 20.1 Å². The molecule has 0 bridgehead atoms. The van der Waals surface area contributed by atoms with Crippen LogP contribution in [0.5, 0.6) is 11.5 Å². The highest BCUT2D eigenvalue weighted by Crippen LogP contribution is 2.49. The second-order valence-electron chi connectivity index (χ2n) is 8.85. The van der Waals surface area contributed by atoms with Gasteiger partial charge < -0.3 is 25.0 Å². The molecule has 33 heavy (non-hydrogen) atoms. The Hall–Kier alpha value is -3.31. The van der Waals surface area contributed by atoms with E-state index in [2.05, 4.69) is 34.7 Å². The number of benzene rings is 2. The van der Waals surface area contributed by atoms with E-state index in [1.807, 2.05) is 6.07 Å². The highest BCUT2D eigenvalue weighted by Gasteiger charge is 2.50. The van der Waals surface area contributed by atoms with E-state index in [4.69, 9.17) is 14.7 Å². The topological polar surface area (TPSA) is 86.6 Å². The minimum absolute atomic E-state index is 0.00160. The van der Waals surface area contributed by atoms with Crippen molar-refractivity contribution in [1.29, 1.82) is 5.26 Å². The summed E-state index contributed by atoms with van der Waals surface area (Å²) in [6.45, 7) is 0.991. The molecule has 0 spiro atoms. The van der Waals surface area contributed by atoms with Crippen molar-refractivity contribution >= 4 is 11.7 Å². The summed E-state index contributed by atoms with van der Waals surface area (Å²) in [5, 5.41) is 14.8. The monoisotopic (exact) mass is 452 g/mol. The highest BCUT2D eigenvalue weighted by atomic mass is 19.1. The lowest BCUT2D eigenvalue weighted by molar-refractivity contribution is 0.156. The van der Waals surface area contributed by atoms with Crippen molar-refractivity contribution in [3.63, 3.8) is 0 Å². The molecule has 4 rings (SSSR count). The van der Waals surface area contributed by atoms with Gasteiger partial charge in [-0.25, -0.2) is 9.18 Å². The standard InChI is InChI=1S/C25H29FN4O3/c1-30-11-10-25(17-4-7-21(32-2)22(13-17)33-3)9-8-19(14-23(25)30)29-24(31)28-18-5-6-20(26)16(12-18)15-27/h4-7,12-13,19,23H,8-11,14H2,1-3H3,(H2,28,29,31)/t19-,23+,25-/m0/s1. The third kappa shape index (κ3) is 4.33. The number of methoxy groups -OCH3 is 2. The van der Waals surface area contributed by atoms with E-state index in [-0.39, 0.29) is 29.1 Å². The third-order valence-electron chi connectivity index (χ3n) is 7.17. The van der Waals surface area contributed by atoms with E-state index >= 15 is 0 Å². The molecule has 1 aliphatic carbocycles. The lowest BCUT2D eigenvalue weighted by Crippen LogP contribution is -2.52. The molecule has 0 radical (unpaired) electrons. The van der Waals surface area contributed by atoms with E-state index in [0.29, 0.717) is 11.4 Å². The zero-order valence-corrected chi connectivity index (χ0v) is 19.2. The third-order valence-corrected chi connectivity index (χ3v) is 7.17. The Kier molecular flexibility index (Phi) is 6.43. The summed E-state index contributed by atoms with van der Waals surface area (Å²) in [6, 6.07) is 11.9. The fourth-order valence-corrected chi connectivity index (χ4v) is 5.44. The molecule has 1 aliphatic heterocycles. The fourth-order valence-electron chi connectivity index (χ4n) is 5.44. The van der Waals surface area contributed by atoms with Crippen LogP contribution in [0.4, 0.5) is 14.9 Å². The average Bonchev–Trinajstić information content (AvgIpc) is 3.16. The molecule has 0 unspecified atom stereocenters. The molecule has 8 heteroatoms. The summed E-state index contributed by atoms with van der Waals surface area (Å²) in [6.07, 6.45) is 3.66. The van der Waals surface area contributed by atoms with Crippen molar-refractivity contribution in [1.82, 2.24) is 10.2 Å². The number of amides is 2. The minimum Gasteiger partial charge on any atom is -0.493 e. The van der Waals surface area contributed by atoms with Crippen molar-refractivity contribution in [2.45, 2.75) is 43.2 Å². The van der Waals surface area contributed by atoms with Crippen molar-refractivity contribution in [3.8, 4) is 17.6 Å². The Balaban J connectivity index is 1.47.